The first kappa shape index (κ1) is 18.4. The van der Waals surface area contributed by atoms with Crippen molar-refractivity contribution in [3.63, 3.8) is 0 Å². The molecule has 7 heteroatoms. The van der Waals surface area contributed by atoms with E-state index in [9.17, 15) is 18.0 Å². The van der Waals surface area contributed by atoms with Gasteiger partial charge in [0.1, 0.15) is 0 Å². The van der Waals surface area contributed by atoms with Crippen molar-refractivity contribution >= 4 is 15.7 Å². The summed E-state index contributed by atoms with van der Waals surface area (Å²) in [6.07, 6.45) is 3.65. The van der Waals surface area contributed by atoms with Crippen LogP contribution in [0.1, 0.15) is 34.3 Å². The lowest BCUT2D eigenvalue weighted by Gasteiger charge is -2.15. The maximum absolute atomic E-state index is 12.4. The molecular weight excluding hydrogens is 352 g/mol. The number of benzene rings is 1. The number of pyridine rings is 1. The molecule has 1 aromatic carbocycles. The van der Waals surface area contributed by atoms with Gasteiger partial charge in [-0.15, -0.1) is 0 Å². The second-order valence-electron chi connectivity index (χ2n) is 6.68. The highest BCUT2D eigenvalue weighted by atomic mass is 32.2. The standard InChI is InChI=1S/C19H22N2O4S/c1-20-10-4-5-17(18(20)22)14-26(24,25)13-15-6-8-16(9-7-15)19(23)21-11-2-3-12-21/h4-10H,2-3,11-14H2,1H3. The minimum atomic E-state index is -3.48. The largest absolute Gasteiger partial charge is 0.339 e. The van der Waals surface area contributed by atoms with Gasteiger partial charge in [-0.1, -0.05) is 18.2 Å². The van der Waals surface area contributed by atoms with Gasteiger partial charge in [0.2, 0.25) is 0 Å². The Balaban J connectivity index is 1.70. The number of aryl methyl sites for hydroxylation is 1. The number of hydrogen-bond acceptors (Lipinski definition) is 4. The van der Waals surface area contributed by atoms with E-state index in [2.05, 4.69) is 0 Å². The second-order valence-corrected chi connectivity index (χ2v) is 8.74. The molecule has 26 heavy (non-hydrogen) atoms. The Morgan fingerprint density at radius 3 is 2.35 bits per heavy atom. The van der Waals surface area contributed by atoms with Crippen molar-refractivity contribution in [1.82, 2.24) is 9.47 Å². The highest BCUT2D eigenvalue weighted by Gasteiger charge is 2.20. The molecule has 0 unspecified atom stereocenters. The second kappa shape index (κ2) is 7.45. The van der Waals surface area contributed by atoms with Crippen molar-refractivity contribution in [3.05, 3.63) is 69.6 Å². The fourth-order valence-corrected chi connectivity index (χ4v) is 4.65. The van der Waals surface area contributed by atoms with Gasteiger partial charge < -0.3 is 9.47 Å². The zero-order valence-corrected chi connectivity index (χ0v) is 15.5. The topological polar surface area (TPSA) is 76.5 Å². The summed E-state index contributed by atoms with van der Waals surface area (Å²) >= 11 is 0. The van der Waals surface area contributed by atoms with Crippen LogP contribution in [-0.4, -0.2) is 36.9 Å². The van der Waals surface area contributed by atoms with E-state index < -0.39 is 9.84 Å². The number of carbonyl (C=O) groups is 1. The lowest BCUT2D eigenvalue weighted by atomic mass is 10.1. The Morgan fingerprint density at radius 1 is 1.04 bits per heavy atom. The Bertz CT molecular complexity index is 956. The SMILES string of the molecule is Cn1cccc(CS(=O)(=O)Cc2ccc(C(=O)N3CCCC3)cc2)c1=O. The number of carbonyl (C=O) groups excluding carboxylic acids is 1. The first-order valence-electron chi connectivity index (χ1n) is 8.59. The van der Waals surface area contributed by atoms with Crippen molar-refractivity contribution in [2.75, 3.05) is 13.1 Å². The van der Waals surface area contributed by atoms with E-state index in [1.165, 1.54) is 10.6 Å². The van der Waals surface area contributed by atoms with Crippen LogP contribution in [0, 0.1) is 0 Å². The Labute approximate surface area is 153 Å². The van der Waals surface area contributed by atoms with Crippen LogP contribution >= 0.6 is 0 Å². The molecule has 0 radical (unpaired) electrons. The van der Waals surface area contributed by atoms with Gasteiger partial charge in [-0.2, -0.15) is 0 Å². The van der Waals surface area contributed by atoms with Gasteiger partial charge in [0.15, 0.2) is 9.84 Å². The molecule has 2 aromatic rings. The van der Waals surface area contributed by atoms with Gasteiger partial charge in [0.05, 0.1) is 11.5 Å². The monoisotopic (exact) mass is 374 g/mol. The summed E-state index contributed by atoms with van der Waals surface area (Å²) in [7, 11) is -1.89. The van der Waals surface area contributed by atoms with Crippen molar-refractivity contribution in [1.29, 1.82) is 0 Å². The molecule has 0 spiro atoms. The summed E-state index contributed by atoms with van der Waals surface area (Å²) < 4.78 is 26.2. The van der Waals surface area contributed by atoms with Crippen LogP contribution in [-0.2, 0) is 28.4 Å². The molecule has 1 aliphatic heterocycles. The van der Waals surface area contributed by atoms with Gasteiger partial charge in [-0.3, -0.25) is 9.59 Å². The first-order chi connectivity index (χ1) is 12.4. The van der Waals surface area contributed by atoms with Crippen molar-refractivity contribution < 1.29 is 13.2 Å². The third-order valence-corrected chi connectivity index (χ3v) is 6.08. The number of aromatic nitrogens is 1. The van der Waals surface area contributed by atoms with Gasteiger partial charge in [-0.25, -0.2) is 8.42 Å². The molecule has 1 saturated heterocycles. The van der Waals surface area contributed by atoms with Gasteiger partial charge in [0.25, 0.3) is 11.5 Å². The summed E-state index contributed by atoms with van der Waals surface area (Å²) in [4.78, 5) is 26.1. The fraction of sp³-hybridized carbons (Fsp3) is 0.368. The fourth-order valence-electron chi connectivity index (χ4n) is 3.15. The molecule has 1 aliphatic rings. The van der Waals surface area contributed by atoms with Crippen LogP contribution in [0.3, 0.4) is 0 Å². The third kappa shape index (κ3) is 4.22. The van der Waals surface area contributed by atoms with Crippen LogP contribution in [0.5, 0.6) is 0 Å². The lowest BCUT2D eigenvalue weighted by Crippen LogP contribution is -2.27. The predicted octanol–water partition coefficient (Wildman–Crippen LogP) is 1.74. The van der Waals surface area contributed by atoms with E-state index >= 15 is 0 Å². The number of sulfone groups is 1. The van der Waals surface area contributed by atoms with E-state index in [0.29, 0.717) is 11.1 Å². The third-order valence-electron chi connectivity index (χ3n) is 4.56. The number of nitrogens with zero attached hydrogens (tertiary/aromatic N) is 2. The highest BCUT2D eigenvalue weighted by Crippen LogP contribution is 2.16. The molecule has 3 rings (SSSR count). The zero-order chi connectivity index (χ0) is 18.7. The van der Waals surface area contributed by atoms with Crippen molar-refractivity contribution in [2.45, 2.75) is 24.3 Å². The van der Waals surface area contributed by atoms with Crippen LogP contribution in [0.4, 0.5) is 0 Å². The minimum Gasteiger partial charge on any atom is -0.339 e. The Kier molecular flexibility index (Phi) is 5.27. The molecule has 1 fully saturated rings. The molecule has 1 aromatic heterocycles. The molecule has 0 aliphatic carbocycles. The van der Waals surface area contributed by atoms with Gasteiger partial charge in [-0.05, 0) is 36.6 Å². The molecule has 2 heterocycles. The lowest BCUT2D eigenvalue weighted by molar-refractivity contribution is 0.0793. The van der Waals surface area contributed by atoms with Gasteiger partial charge in [0, 0.05) is 37.5 Å². The Morgan fingerprint density at radius 2 is 1.69 bits per heavy atom. The van der Waals surface area contributed by atoms with Crippen LogP contribution in [0.25, 0.3) is 0 Å². The molecular formula is C19H22N2O4S. The minimum absolute atomic E-state index is 0.00955. The van der Waals surface area contributed by atoms with E-state index in [4.69, 9.17) is 0 Å². The average molecular weight is 374 g/mol. The number of amides is 1. The summed E-state index contributed by atoms with van der Waals surface area (Å²) in [5.41, 5.74) is 1.14. The summed E-state index contributed by atoms with van der Waals surface area (Å²) in [5.74, 6) is -0.470. The number of rotatable bonds is 5. The summed E-state index contributed by atoms with van der Waals surface area (Å²) in [5, 5.41) is 0. The quantitative estimate of drug-likeness (QED) is 0.799. The van der Waals surface area contributed by atoms with Crippen LogP contribution in [0.15, 0.2) is 47.4 Å². The first-order valence-corrected chi connectivity index (χ1v) is 10.4. The summed E-state index contributed by atoms with van der Waals surface area (Å²) in [6.45, 7) is 1.56. The molecule has 0 saturated carbocycles. The summed E-state index contributed by atoms with van der Waals surface area (Å²) in [6, 6.07) is 9.89. The molecule has 0 bridgehead atoms. The normalized spacial score (nSPS) is 14.6. The average Bonchev–Trinajstić information content (AvgIpc) is 3.13. The van der Waals surface area contributed by atoms with Crippen molar-refractivity contribution in [2.24, 2.45) is 7.05 Å². The van der Waals surface area contributed by atoms with E-state index in [0.717, 1.165) is 25.9 Å². The maximum atomic E-state index is 12.4. The number of hydrogen-bond donors (Lipinski definition) is 0. The van der Waals surface area contributed by atoms with Gasteiger partial charge >= 0.3 is 0 Å². The van der Waals surface area contributed by atoms with Crippen LogP contribution < -0.4 is 5.56 Å². The highest BCUT2D eigenvalue weighted by molar-refractivity contribution is 7.89. The molecule has 0 N–H and O–H groups in total. The van der Waals surface area contributed by atoms with E-state index in [1.807, 2.05) is 4.90 Å². The Hall–Kier alpha value is -2.41. The maximum Gasteiger partial charge on any atom is 0.254 e. The van der Waals surface area contributed by atoms with Crippen molar-refractivity contribution in [3.8, 4) is 0 Å². The van der Waals surface area contributed by atoms with E-state index in [-0.39, 0.29) is 28.5 Å². The molecule has 138 valence electrons. The molecule has 0 atom stereocenters. The van der Waals surface area contributed by atoms with Crippen LogP contribution in [0.2, 0.25) is 0 Å². The van der Waals surface area contributed by atoms with E-state index in [1.54, 1.807) is 43.6 Å². The smallest absolute Gasteiger partial charge is 0.254 e. The predicted molar refractivity (Wildman–Crippen MR) is 99.6 cm³/mol. The molecule has 6 nitrogen and oxygen atoms in total. The molecule has 1 amide bonds. The zero-order valence-electron chi connectivity index (χ0n) is 14.7. The number of likely N-dealkylation sites (tertiary alicyclic amines) is 1.